The Hall–Kier alpha value is -1.42. The first-order valence-corrected chi connectivity index (χ1v) is 5.62. The van der Waals surface area contributed by atoms with Crippen molar-refractivity contribution in [2.45, 2.75) is 25.7 Å². The third-order valence-electron chi connectivity index (χ3n) is 3.54. The maximum Gasteiger partial charge on any atom is 0.0326 e. The molecule has 0 saturated heterocycles. The van der Waals surface area contributed by atoms with E-state index in [1.807, 2.05) is 12.1 Å². The van der Waals surface area contributed by atoms with E-state index in [4.69, 9.17) is 12.2 Å². The molecule has 1 aromatic rings. The van der Waals surface area contributed by atoms with Crippen LogP contribution in [-0.2, 0) is 0 Å². The molecule has 0 unspecified atom stereocenters. The summed E-state index contributed by atoms with van der Waals surface area (Å²) in [4.78, 5) is 0. The van der Waals surface area contributed by atoms with Crippen molar-refractivity contribution < 1.29 is 0 Å². The summed E-state index contributed by atoms with van der Waals surface area (Å²) in [5, 5.41) is 0. The van der Waals surface area contributed by atoms with Gasteiger partial charge in [0.15, 0.2) is 0 Å². The normalized spacial score (nSPS) is 25.8. The predicted octanol–water partition coefficient (Wildman–Crippen LogP) is 3.06. The van der Waals surface area contributed by atoms with Gasteiger partial charge in [-0.2, -0.15) is 0 Å². The van der Waals surface area contributed by atoms with Crippen molar-refractivity contribution >= 4 is 5.69 Å². The van der Waals surface area contributed by atoms with Gasteiger partial charge in [-0.15, -0.1) is 6.42 Å². The van der Waals surface area contributed by atoms with Gasteiger partial charge < -0.3 is 5.73 Å². The highest BCUT2D eigenvalue weighted by molar-refractivity contribution is 5.46. The van der Waals surface area contributed by atoms with Crippen LogP contribution < -0.4 is 5.73 Å². The van der Waals surface area contributed by atoms with Crippen LogP contribution in [0.3, 0.4) is 0 Å². The number of nitrogens with two attached hydrogens (primary N) is 1. The van der Waals surface area contributed by atoms with Crippen molar-refractivity contribution in [3.8, 4) is 12.3 Å². The van der Waals surface area contributed by atoms with Crippen LogP contribution in [0.4, 0.5) is 5.69 Å². The summed E-state index contributed by atoms with van der Waals surface area (Å²) in [6.07, 6.45) is 11.4. The van der Waals surface area contributed by atoms with Gasteiger partial charge in [-0.1, -0.05) is 12.0 Å². The summed E-state index contributed by atoms with van der Waals surface area (Å²) in [7, 11) is 0. The number of nitrogen functional groups attached to an aromatic ring is 1. The molecule has 0 amide bonds. The highest BCUT2D eigenvalue weighted by Gasteiger charge is 2.37. The molecule has 0 heterocycles. The molecular formula is C14H17N. The molecule has 1 heteroatoms. The Morgan fingerprint density at radius 1 is 1.13 bits per heavy atom. The van der Waals surface area contributed by atoms with Gasteiger partial charge in [0, 0.05) is 11.3 Å². The Bertz CT molecular complexity index is 357. The molecule has 0 spiro atoms. The maximum atomic E-state index is 5.44. The van der Waals surface area contributed by atoms with E-state index in [0.717, 1.165) is 5.56 Å². The molecule has 0 aromatic heterocycles. The van der Waals surface area contributed by atoms with E-state index in [2.05, 4.69) is 5.92 Å². The molecule has 3 rings (SSSR count). The third kappa shape index (κ3) is 2.33. The molecule has 78 valence electrons. The van der Waals surface area contributed by atoms with Crippen molar-refractivity contribution in [3.63, 3.8) is 0 Å². The van der Waals surface area contributed by atoms with Gasteiger partial charge in [0.05, 0.1) is 0 Å². The number of hydrogen-bond acceptors (Lipinski definition) is 1. The monoisotopic (exact) mass is 199 g/mol. The summed E-state index contributed by atoms with van der Waals surface area (Å²) >= 11 is 0. The minimum Gasteiger partial charge on any atom is -0.399 e. The Morgan fingerprint density at radius 3 is 2.00 bits per heavy atom. The van der Waals surface area contributed by atoms with Gasteiger partial charge in [-0.25, -0.2) is 0 Å². The SMILES string of the molecule is C#Cc1cccc(N)c1.C1CC2CCC12. The molecule has 15 heavy (non-hydrogen) atoms. The van der Waals surface area contributed by atoms with Gasteiger partial charge in [-0.05, 0) is 55.7 Å². The first kappa shape index (κ1) is 10.1. The summed E-state index contributed by atoms with van der Waals surface area (Å²) in [6, 6.07) is 7.25. The van der Waals surface area contributed by atoms with Gasteiger partial charge >= 0.3 is 0 Å². The number of terminal acetylenes is 1. The molecule has 1 nitrogen and oxygen atoms in total. The van der Waals surface area contributed by atoms with Crippen molar-refractivity contribution in [1.82, 2.24) is 0 Å². The largest absolute Gasteiger partial charge is 0.399 e. The van der Waals surface area contributed by atoms with Gasteiger partial charge in [-0.3, -0.25) is 0 Å². The molecule has 2 fully saturated rings. The van der Waals surface area contributed by atoms with Crippen molar-refractivity contribution in [2.24, 2.45) is 11.8 Å². The quantitative estimate of drug-likeness (QED) is 0.504. The average Bonchev–Trinajstić information content (AvgIpc) is 2.24. The average molecular weight is 199 g/mol. The second-order valence-corrected chi connectivity index (χ2v) is 4.44. The molecule has 2 aliphatic rings. The zero-order chi connectivity index (χ0) is 10.7. The molecule has 0 radical (unpaired) electrons. The minimum absolute atomic E-state index is 0.713. The number of benzene rings is 1. The van der Waals surface area contributed by atoms with Crippen LogP contribution in [0.1, 0.15) is 31.2 Å². The van der Waals surface area contributed by atoms with Crippen molar-refractivity contribution in [2.75, 3.05) is 5.73 Å². The zero-order valence-electron chi connectivity index (χ0n) is 8.95. The van der Waals surface area contributed by atoms with Gasteiger partial charge in [0.1, 0.15) is 0 Å². The van der Waals surface area contributed by atoms with E-state index >= 15 is 0 Å². The fourth-order valence-electron chi connectivity index (χ4n) is 2.19. The van der Waals surface area contributed by atoms with E-state index in [-0.39, 0.29) is 0 Å². The summed E-state index contributed by atoms with van der Waals surface area (Å²) < 4.78 is 0. The second-order valence-electron chi connectivity index (χ2n) is 4.44. The predicted molar refractivity (Wildman–Crippen MR) is 64.2 cm³/mol. The van der Waals surface area contributed by atoms with Crippen molar-refractivity contribution in [1.29, 1.82) is 0 Å². The van der Waals surface area contributed by atoms with E-state index in [1.54, 1.807) is 37.8 Å². The highest BCUT2D eigenvalue weighted by atomic mass is 14.5. The summed E-state index contributed by atoms with van der Waals surface area (Å²) in [6.45, 7) is 0. The van der Waals surface area contributed by atoms with Crippen LogP contribution in [-0.4, -0.2) is 0 Å². The second kappa shape index (κ2) is 4.40. The van der Waals surface area contributed by atoms with E-state index < -0.39 is 0 Å². The molecule has 2 saturated carbocycles. The lowest BCUT2D eigenvalue weighted by atomic mass is 9.60. The van der Waals surface area contributed by atoms with E-state index in [9.17, 15) is 0 Å². The fraction of sp³-hybridized carbons (Fsp3) is 0.429. The Morgan fingerprint density at radius 2 is 1.73 bits per heavy atom. The topological polar surface area (TPSA) is 26.0 Å². The standard InChI is InChI=1S/C8H7N.C6H10/c1-2-7-4-3-5-8(9)6-7;1-2-6-4-3-5(1)6/h1,3-6H,9H2;5-6H,1-4H2. The zero-order valence-corrected chi connectivity index (χ0v) is 8.95. The lowest BCUT2D eigenvalue weighted by Gasteiger charge is -2.46. The van der Waals surface area contributed by atoms with Crippen LogP contribution in [0.5, 0.6) is 0 Å². The minimum atomic E-state index is 0.713. The highest BCUT2D eigenvalue weighted by Crippen LogP contribution is 2.49. The maximum absolute atomic E-state index is 5.44. The Labute approximate surface area is 91.7 Å². The smallest absolute Gasteiger partial charge is 0.0326 e. The lowest BCUT2D eigenvalue weighted by molar-refractivity contribution is 0.0548. The molecule has 0 aliphatic heterocycles. The first-order chi connectivity index (χ1) is 7.29. The van der Waals surface area contributed by atoms with Crippen LogP contribution in [0.2, 0.25) is 0 Å². The molecule has 0 atom stereocenters. The number of fused-ring (bicyclic) bond motifs is 1. The van der Waals surface area contributed by atoms with Crippen LogP contribution in [0, 0.1) is 24.2 Å². The first-order valence-electron chi connectivity index (χ1n) is 5.62. The number of rotatable bonds is 0. The van der Waals surface area contributed by atoms with Gasteiger partial charge in [0.2, 0.25) is 0 Å². The molecule has 1 aromatic carbocycles. The van der Waals surface area contributed by atoms with Crippen LogP contribution in [0.25, 0.3) is 0 Å². The lowest BCUT2D eigenvalue weighted by Crippen LogP contribution is -2.34. The molecule has 2 N–H and O–H groups in total. The van der Waals surface area contributed by atoms with E-state index in [0.29, 0.717) is 5.69 Å². The summed E-state index contributed by atoms with van der Waals surface area (Å²) in [5.41, 5.74) is 6.98. The summed E-state index contributed by atoms with van der Waals surface area (Å²) in [5.74, 6) is 4.91. The van der Waals surface area contributed by atoms with Crippen LogP contribution >= 0.6 is 0 Å². The fourth-order valence-corrected chi connectivity index (χ4v) is 2.19. The Balaban J connectivity index is 0.000000121. The number of hydrogen-bond donors (Lipinski definition) is 1. The van der Waals surface area contributed by atoms with Crippen molar-refractivity contribution in [3.05, 3.63) is 29.8 Å². The molecule has 0 bridgehead atoms. The van der Waals surface area contributed by atoms with E-state index in [1.165, 1.54) is 11.8 Å². The third-order valence-corrected chi connectivity index (χ3v) is 3.54. The number of anilines is 1. The van der Waals surface area contributed by atoms with Crippen LogP contribution in [0.15, 0.2) is 24.3 Å². The molecular weight excluding hydrogens is 182 g/mol. The molecule has 2 aliphatic carbocycles. The Kier molecular flexibility index (Phi) is 2.97. The van der Waals surface area contributed by atoms with Gasteiger partial charge in [0.25, 0.3) is 0 Å².